The Balaban J connectivity index is 1.87. The lowest BCUT2D eigenvalue weighted by Gasteiger charge is -2.07. The number of nitro groups is 1. The van der Waals surface area contributed by atoms with Gasteiger partial charge in [0.25, 0.3) is 16.8 Å². The fraction of sp³-hybridized carbons (Fsp3) is 0.0625. The third-order valence-corrected chi connectivity index (χ3v) is 4.72. The van der Waals surface area contributed by atoms with E-state index >= 15 is 0 Å². The Morgan fingerprint density at radius 2 is 2.07 bits per heavy atom. The molecule has 138 valence electrons. The Morgan fingerprint density at radius 1 is 1.33 bits per heavy atom. The first kappa shape index (κ1) is 18.7. The maximum Gasteiger partial charge on any atom is 0.323 e. The van der Waals surface area contributed by atoms with Crippen molar-refractivity contribution in [2.75, 3.05) is 6.54 Å². The summed E-state index contributed by atoms with van der Waals surface area (Å²) in [6.07, 6.45) is 1.31. The molecule has 1 aliphatic rings. The van der Waals surface area contributed by atoms with Crippen molar-refractivity contribution in [3.05, 3.63) is 56.1 Å². The van der Waals surface area contributed by atoms with Crippen LogP contribution in [0, 0.1) is 10.1 Å². The van der Waals surface area contributed by atoms with Crippen LogP contribution in [0.15, 0.2) is 39.7 Å². The Bertz CT molecular complexity index is 1010. The van der Waals surface area contributed by atoms with Crippen LogP contribution in [0.5, 0.6) is 0 Å². The number of rotatable bonds is 5. The first-order valence-corrected chi connectivity index (χ1v) is 8.47. The van der Waals surface area contributed by atoms with E-state index in [9.17, 15) is 24.5 Å². The molecular weight excluding hydrogens is 400 g/mol. The highest BCUT2D eigenvalue weighted by Crippen LogP contribution is 2.34. The number of carbonyl (C=O) groups excluding carboxylic acids is 2. The lowest BCUT2D eigenvalue weighted by atomic mass is 10.1. The molecule has 9 nitrogen and oxygen atoms in total. The van der Waals surface area contributed by atoms with Crippen molar-refractivity contribution in [2.24, 2.45) is 0 Å². The minimum Gasteiger partial charge on any atom is -0.480 e. The maximum atomic E-state index is 12.1. The van der Waals surface area contributed by atoms with E-state index in [1.807, 2.05) is 0 Å². The molecule has 2 aromatic rings. The highest BCUT2D eigenvalue weighted by Gasteiger charge is 2.36. The Morgan fingerprint density at radius 3 is 2.74 bits per heavy atom. The monoisotopic (exact) mass is 408 g/mol. The van der Waals surface area contributed by atoms with Crippen molar-refractivity contribution in [1.29, 1.82) is 0 Å². The number of imide groups is 1. The molecule has 27 heavy (non-hydrogen) atoms. The van der Waals surface area contributed by atoms with Crippen LogP contribution in [0.25, 0.3) is 17.4 Å². The fourth-order valence-electron chi connectivity index (χ4n) is 2.29. The second kappa shape index (κ2) is 7.25. The van der Waals surface area contributed by atoms with E-state index in [1.165, 1.54) is 24.3 Å². The fourth-order valence-corrected chi connectivity index (χ4v) is 3.30. The number of carbonyl (C=O) groups is 3. The van der Waals surface area contributed by atoms with Gasteiger partial charge in [0.05, 0.1) is 9.83 Å². The molecule has 0 radical (unpaired) electrons. The van der Waals surface area contributed by atoms with E-state index in [1.54, 1.807) is 12.1 Å². The van der Waals surface area contributed by atoms with Gasteiger partial charge in [0.2, 0.25) is 0 Å². The van der Waals surface area contributed by atoms with Crippen molar-refractivity contribution < 1.29 is 28.8 Å². The van der Waals surface area contributed by atoms with E-state index in [-0.39, 0.29) is 21.4 Å². The normalized spacial score (nSPS) is 15.6. The largest absolute Gasteiger partial charge is 0.480 e. The summed E-state index contributed by atoms with van der Waals surface area (Å²) >= 11 is 6.38. The summed E-state index contributed by atoms with van der Waals surface area (Å²) in [5.41, 5.74) is 0.131. The quantitative estimate of drug-likeness (QED) is 0.450. The molecule has 1 aliphatic heterocycles. The van der Waals surface area contributed by atoms with Gasteiger partial charge < -0.3 is 9.52 Å². The molecule has 0 atom stereocenters. The summed E-state index contributed by atoms with van der Waals surface area (Å²) < 4.78 is 5.55. The van der Waals surface area contributed by atoms with E-state index in [2.05, 4.69) is 0 Å². The molecule has 0 aliphatic carbocycles. The molecule has 0 spiro atoms. The summed E-state index contributed by atoms with van der Waals surface area (Å²) in [6, 6.07) is 7.22. The molecule has 2 heterocycles. The molecule has 3 rings (SSSR count). The molecule has 1 fully saturated rings. The topological polar surface area (TPSA) is 131 Å². The van der Waals surface area contributed by atoms with Gasteiger partial charge in [-0.2, -0.15) is 0 Å². The number of hydrogen-bond donors (Lipinski definition) is 1. The van der Waals surface area contributed by atoms with Gasteiger partial charge in [0, 0.05) is 17.7 Å². The number of benzene rings is 1. The molecule has 0 saturated carbocycles. The van der Waals surface area contributed by atoms with E-state index in [0.29, 0.717) is 28.0 Å². The number of carboxylic acid groups (broad SMARTS) is 1. The third kappa shape index (κ3) is 3.86. The lowest BCUT2D eigenvalue weighted by molar-refractivity contribution is -0.384. The minimum atomic E-state index is -1.30. The number of furan rings is 1. The minimum absolute atomic E-state index is 0.0114. The van der Waals surface area contributed by atoms with Crippen LogP contribution in [0.4, 0.5) is 10.5 Å². The van der Waals surface area contributed by atoms with E-state index in [0.717, 1.165) is 0 Å². The zero-order valence-corrected chi connectivity index (χ0v) is 14.8. The predicted molar refractivity (Wildman–Crippen MR) is 96.1 cm³/mol. The van der Waals surface area contributed by atoms with Crippen molar-refractivity contribution >= 4 is 52.2 Å². The molecule has 1 saturated heterocycles. The molecule has 1 aromatic carbocycles. The van der Waals surface area contributed by atoms with Gasteiger partial charge in [0.1, 0.15) is 23.1 Å². The summed E-state index contributed by atoms with van der Waals surface area (Å²) in [4.78, 5) is 45.6. The SMILES string of the molecule is O=C(O)CN1C(=O)S/C(=C\c2ccc(-c3ccc(Cl)c([N+](=O)[O-])c3)o2)C1=O. The number of aliphatic carboxylic acids is 1. The van der Waals surface area contributed by atoms with Gasteiger partial charge >= 0.3 is 5.97 Å². The summed E-state index contributed by atoms with van der Waals surface area (Å²) in [5.74, 6) is -1.51. The number of nitro benzene ring substituents is 1. The van der Waals surface area contributed by atoms with Crippen LogP contribution in [0.1, 0.15) is 5.76 Å². The molecule has 11 heteroatoms. The Hall–Kier alpha value is -3.11. The third-order valence-electron chi connectivity index (χ3n) is 3.49. The van der Waals surface area contributed by atoms with Crippen LogP contribution >= 0.6 is 23.4 Å². The second-order valence-corrected chi connectivity index (χ2v) is 6.69. The summed E-state index contributed by atoms with van der Waals surface area (Å²) in [5, 5.41) is 19.0. The van der Waals surface area contributed by atoms with Crippen LogP contribution in [0.3, 0.4) is 0 Å². The molecule has 1 aromatic heterocycles. The lowest BCUT2D eigenvalue weighted by Crippen LogP contribution is -2.33. The van der Waals surface area contributed by atoms with Gasteiger partial charge in [-0.1, -0.05) is 11.6 Å². The average Bonchev–Trinajstić information content (AvgIpc) is 3.15. The summed E-state index contributed by atoms with van der Waals surface area (Å²) in [7, 11) is 0. The zero-order valence-electron chi connectivity index (χ0n) is 13.2. The first-order valence-electron chi connectivity index (χ1n) is 7.27. The number of nitrogens with zero attached hydrogens (tertiary/aromatic N) is 2. The van der Waals surface area contributed by atoms with Gasteiger partial charge in [-0.3, -0.25) is 29.4 Å². The van der Waals surface area contributed by atoms with Gasteiger partial charge in [-0.15, -0.1) is 0 Å². The van der Waals surface area contributed by atoms with Crippen LogP contribution in [-0.2, 0) is 9.59 Å². The van der Waals surface area contributed by atoms with Gasteiger partial charge in [-0.05, 0) is 36.0 Å². The number of amides is 2. The number of halogens is 1. The second-order valence-electron chi connectivity index (χ2n) is 5.29. The van der Waals surface area contributed by atoms with E-state index in [4.69, 9.17) is 21.1 Å². The van der Waals surface area contributed by atoms with Crippen molar-refractivity contribution in [2.45, 2.75) is 0 Å². The predicted octanol–water partition coefficient (Wildman–Crippen LogP) is 3.63. The highest BCUT2D eigenvalue weighted by molar-refractivity contribution is 8.18. The van der Waals surface area contributed by atoms with Crippen LogP contribution in [0.2, 0.25) is 5.02 Å². The number of thioether (sulfide) groups is 1. The molecular formula is C16H9ClN2O7S. The zero-order chi connectivity index (χ0) is 19.7. The Labute approximate surface area is 160 Å². The van der Waals surface area contributed by atoms with Crippen LogP contribution < -0.4 is 0 Å². The van der Waals surface area contributed by atoms with Gasteiger partial charge in [0.15, 0.2) is 0 Å². The van der Waals surface area contributed by atoms with Crippen LogP contribution in [-0.4, -0.2) is 38.6 Å². The van der Waals surface area contributed by atoms with E-state index < -0.39 is 28.6 Å². The maximum absolute atomic E-state index is 12.1. The van der Waals surface area contributed by atoms with Crippen molar-refractivity contribution in [3.63, 3.8) is 0 Å². The number of carboxylic acids is 1. The smallest absolute Gasteiger partial charge is 0.323 e. The average molecular weight is 409 g/mol. The first-order chi connectivity index (χ1) is 12.8. The highest BCUT2D eigenvalue weighted by atomic mass is 35.5. The van der Waals surface area contributed by atoms with Gasteiger partial charge in [-0.25, -0.2) is 0 Å². The Kier molecular flexibility index (Phi) is 5.02. The molecule has 0 unspecified atom stereocenters. The molecule has 2 amide bonds. The number of hydrogen-bond acceptors (Lipinski definition) is 7. The molecule has 1 N–H and O–H groups in total. The molecule has 0 bridgehead atoms. The van der Waals surface area contributed by atoms with Crippen molar-refractivity contribution in [1.82, 2.24) is 4.90 Å². The summed E-state index contributed by atoms with van der Waals surface area (Å²) in [6.45, 7) is -0.722. The standard InChI is InChI=1S/C16H9ClN2O7S/c17-10-3-1-8(5-11(10)19(24)25)12-4-2-9(26-12)6-13-15(22)18(7-14(20)21)16(23)27-13/h1-6H,7H2,(H,20,21)/b13-6-. The van der Waals surface area contributed by atoms with Crippen molar-refractivity contribution in [3.8, 4) is 11.3 Å².